The molecule has 1 amide bonds. The van der Waals surface area contributed by atoms with Gasteiger partial charge in [0.15, 0.2) is 0 Å². The Hall–Kier alpha value is -2.15. The highest BCUT2D eigenvalue weighted by molar-refractivity contribution is 5.75. The summed E-state index contributed by atoms with van der Waals surface area (Å²) in [5.74, 6) is 0.128. The second-order valence-electron chi connectivity index (χ2n) is 5.49. The van der Waals surface area contributed by atoms with Crippen LogP contribution in [0.4, 0.5) is 0 Å². The Morgan fingerprint density at radius 1 is 1.38 bits per heavy atom. The van der Waals surface area contributed by atoms with Crippen molar-refractivity contribution in [1.82, 2.24) is 21.3 Å². The number of nitrogens with zero attached hydrogens (tertiary/aromatic N) is 2. The average Bonchev–Trinajstić information content (AvgIpc) is 2.61. The van der Waals surface area contributed by atoms with Gasteiger partial charge in [-0.05, 0) is 50.5 Å². The minimum atomic E-state index is 0.128. The predicted octanol–water partition coefficient (Wildman–Crippen LogP) is 0.920. The van der Waals surface area contributed by atoms with Gasteiger partial charge < -0.3 is 21.3 Å². The third-order valence-electron chi connectivity index (χ3n) is 3.43. The standard InChI is InChI=1S/C17H30N6O/c1-18-14-20-9-4-5-10-23-17(24)6-2-3-8-19-11-7-16-12-21-15-22-13-16/h4,9,12,14-15,19H,2-3,5-8,10-11,13H2,1H3,(H,18,20)(H,21,22)(H,23,24)/b9-4+. The molecule has 134 valence electrons. The first-order valence-electron chi connectivity index (χ1n) is 8.54. The molecule has 0 bridgehead atoms. The summed E-state index contributed by atoms with van der Waals surface area (Å²) < 4.78 is 0. The lowest BCUT2D eigenvalue weighted by Gasteiger charge is -2.09. The number of nitrogens with one attached hydrogen (secondary N) is 4. The minimum Gasteiger partial charge on any atom is -0.356 e. The number of rotatable bonds is 13. The zero-order chi connectivity index (χ0) is 17.3. The molecule has 1 heterocycles. The van der Waals surface area contributed by atoms with Crippen molar-refractivity contribution in [3.8, 4) is 0 Å². The van der Waals surface area contributed by atoms with E-state index in [0.29, 0.717) is 13.0 Å². The van der Waals surface area contributed by atoms with Crippen molar-refractivity contribution in [3.05, 3.63) is 24.0 Å². The van der Waals surface area contributed by atoms with Crippen molar-refractivity contribution >= 4 is 18.6 Å². The molecule has 4 N–H and O–H groups in total. The molecule has 0 unspecified atom stereocenters. The van der Waals surface area contributed by atoms with Gasteiger partial charge in [-0.3, -0.25) is 14.8 Å². The van der Waals surface area contributed by atoms with E-state index in [1.165, 1.54) is 5.57 Å². The first-order chi connectivity index (χ1) is 11.8. The van der Waals surface area contributed by atoms with Crippen LogP contribution in [0.3, 0.4) is 0 Å². The van der Waals surface area contributed by atoms with Gasteiger partial charge in [0.25, 0.3) is 0 Å². The van der Waals surface area contributed by atoms with Crippen molar-refractivity contribution in [3.63, 3.8) is 0 Å². The number of aliphatic imine (C=N–C) groups is 2. The van der Waals surface area contributed by atoms with Crippen LogP contribution in [0.1, 0.15) is 32.1 Å². The molecule has 0 spiro atoms. The summed E-state index contributed by atoms with van der Waals surface area (Å²) in [6, 6.07) is 0. The van der Waals surface area contributed by atoms with Gasteiger partial charge in [0.2, 0.25) is 5.91 Å². The Balaban J connectivity index is 1.85. The number of carbonyl (C=O) groups excluding carboxylic acids is 1. The number of amides is 1. The van der Waals surface area contributed by atoms with Gasteiger partial charge in [0.1, 0.15) is 0 Å². The lowest BCUT2D eigenvalue weighted by molar-refractivity contribution is -0.121. The fraction of sp³-hybridized carbons (Fsp3) is 0.588. The van der Waals surface area contributed by atoms with Gasteiger partial charge in [-0.2, -0.15) is 0 Å². The highest BCUT2D eigenvalue weighted by Crippen LogP contribution is 2.01. The predicted molar refractivity (Wildman–Crippen MR) is 100 cm³/mol. The maximum absolute atomic E-state index is 11.7. The number of carbonyl (C=O) groups is 1. The Morgan fingerprint density at radius 2 is 2.29 bits per heavy atom. The van der Waals surface area contributed by atoms with Crippen LogP contribution in [-0.2, 0) is 4.79 Å². The molecule has 0 aromatic carbocycles. The number of hydrogen-bond acceptors (Lipinski definition) is 5. The molecule has 0 aliphatic carbocycles. The third kappa shape index (κ3) is 11.4. The normalized spacial score (nSPS) is 14.0. The van der Waals surface area contributed by atoms with Gasteiger partial charge in [-0.1, -0.05) is 6.08 Å². The highest BCUT2D eigenvalue weighted by atomic mass is 16.1. The Bertz CT molecular complexity index is 456. The molecule has 1 rings (SSSR count). The van der Waals surface area contributed by atoms with Crippen LogP contribution in [0.25, 0.3) is 0 Å². The lowest BCUT2D eigenvalue weighted by atomic mass is 10.2. The Labute approximate surface area is 144 Å². The van der Waals surface area contributed by atoms with E-state index in [-0.39, 0.29) is 5.91 Å². The van der Waals surface area contributed by atoms with E-state index in [0.717, 1.165) is 45.3 Å². The van der Waals surface area contributed by atoms with Crippen LogP contribution >= 0.6 is 0 Å². The number of unbranched alkanes of at least 4 members (excludes halogenated alkanes) is 1. The molecular formula is C17H30N6O. The molecule has 0 saturated carbocycles. The van der Waals surface area contributed by atoms with Crippen LogP contribution < -0.4 is 21.3 Å². The molecule has 0 fully saturated rings. The molecule has 0 atom stereocenters. The first-order valence-corrected chi connectivity index (χ1v) is 8.54. The van der Waals surface area contributed by atoms with Gasteiger partial charge in [-0.15, -0.1) is 0 Å². The van der Waals surface area contributed by atoms with E-state index in [2.05, 4.69) is 31.3 Å². The SMILES string of the molecule is CN=CN/C=C/CCNC(=O)CCCCNCCC1=CNC=NC1. The van der Waals surface area contributed by atoms with Crippen LogP contribution in [0.2, 0.25) is 0 Å². The molecule has 0 saturated heterocycles. The summed E-state index contributed by atoms with van der Waals surface area (Å²) >= 11 is 0. The van der Waals surface area contributed by atoms with Crippen molar-refractivity contribution in [2.45, 2.75) is 32.1 Å². The van der Waals surface area contributed by atoms with E-state index < -0.39 is 0 Å². The smallest absolute Gasteiger partial charge is 0.220 e. The molecular weight excluding hydrogens is 304 g/mol. The van der Waals surface area contributed by atoms with Crippen LogP contribution in [0.5, 0.6) is 0 Å². The van der Waals surface area contributed by atoms with Gasteiger partial charge >= 0.3 is 0 Å². The summed E-state index contributed by atoms with van der Waals surface area (Å²) in [4.78, 5) is 19.6. The lowest BCUT2D eigenvalue weighted by Crippen LogP contribution is -2.24. The summed E-state index contributed by atoms with van der Waals surface area (Å²) in [6.07, 6.45) is 13.5. The maximum atomic E-state index is 11.7. The molecule has 0 radical (unpaired) electrons. The quantitative estimate of drug-likeness (QED) is 0.229. The number of hydrogen-bond donors (Lipinski definition) is 4. The third-order valence-corrected chi connectivity index (χ3v) is 3.43. The summed E-state index contributed by atoms with van der Waals surface area (Å²) in [5, 5.41) is 12.2. The van der Waals surface area contributed by atoms with Gasteiger partial charge in [0.05, 0.1) is 19.2 Å². The van der Waals surface area contributed by atoms with Crippen molar-refractivity contribution in [2.75, 3.05) is 33.2 Å². The molecule has 0 aromatic heterocycles. The first kappa shape index (κ1) is 19.9. The van der Waals surface area contributed by atoms with E-state index in [9.17, 15) is 4.79 Å². The molecule has 0 aromatic rings. The van der Waals surface area contributed by atoms with E-state index in [1.807, 2.05) is 18.5 Å². The second-order valence-corrected chi connectivity index (χ2v) is 5.49. The second kappa shape index (κ2) is 14.4. The topological polar surface area (TPSA) is 89.9 Å². The zero-order valence-electron chi connectivity index (χ0n) is 14.6. The minimum absolute atomic E-state index is 0.128. The summed E-state index contributed by atoms with van der Waals surface area (Å²) in [7, 11) is 1.71. The molecule has 7 heteroatoms. The molecule has 7 nitrogen and oxygen atoms in total. The molecule has 1 aliphatic rings. The van der Waals surface area contributed by atoms with E-state index in [1.54, 1.807) is 19.7 Å². The highest BCUT2D eigenvalue weighted by Gasteiger charge is 2.01. The Kier molecular flexibility index (Phi) is 12.0. The maximum Gasteiger partial charge on any atom is 0.220 e. The zero-order valence-corrected chi connectivity index (χ0v) is 14.6. The summed E-state index contributed by atoms with van der Waals surface area (Å²) in [5.41, 5.74) is 1.32. The summed E-state index contributed by atoms with van der Waals surface area (Å²) in [6.45, 7) is 3.37. The molecule has 24 heavy (non-hydrogen) atoms. The fourth-order valence-corrected chi connectivity index (χ4v) is 2.13. The monoisotopic (exact) mass is 334 g/mol. The van der Waals surface area contributed by atoms with Crippen molar-refractivity contribution < 1.29 is 4.79 Å². The van der Waals surface area contributed by atoms with Crippen molar-refractivity contribution in [1.29, 1.82) is 0 Å². The van der Waals surface area contributed by atoms with Gasteiger partial charge in [0, 0.05) is 26.2 Å². The van der Waals surface area contributed by atoms with Crippen LogP contribution in [-0.4, -0.2) is 51.8 Å². The van der Waals surface area contributed by atoms with E-state index in [4.69, 9.17) is 0 Å². The van der Waals surface area contributed by atoms with E-state index >= 15 is 0 Å². The largest absolute Gasteiger partial charge is 0.356 e. The molecule has 1 aliphatic heterocycles. The van der Waals surface area contributed by atoms with Crippen molar-refractivity contribution in [2.24, 2.45) is 9.98 Å². The average molecular weight is 334 g/mol. The van der Waals surface area contributed by atoms with Crippen LogP contribution in [0, 0.1) is 0 Å². The van der Waals surface area contributed by atoms with Gasteiger partial charge in [-0.25, -0.2) is 0 Å². The fourth-order valence-electron chi connectivity index (χ4n) is 2.13. The Morgan fingerprint density at radius 3 is 3.08 bits per heavy atom. The van der Waals surface area contributed by atoms with Crippen LogP contribution in [0.15, 0.2) is 34.0 Å².